The summed E-state index contributed by atoms with van der Waals surface area (Å²) in [6.07, 6.45) is -5.48. The lowest BCUT2D eigenvalue weighted by Crippen LogP contribution is -2.33. The maximum atomic E-state index is 13.0. The fourth-order valence-electron chi connectivity index (χ4n) is 3.03. The average Bonchev–Trinajstić information content (AvgIpc) is 3.00. The molecule has 0 amide bonds. The standard InChI is InChI=1S/C20H18F3NO5S2/c1-13-16-7-2-3-8-17(16)30-19(13)24(31(27,28)10-9-18(25)26)12-14-5-4-6-15(11-14)29-20(21,22)23/h2-8,11H,9-10,12H2,1H3,(H,25,26). The first kappa shape index (κ1) is 22.9. The second-order valence-corrected chi connectivity index (χ2v) is 9.73. The molecule has 2 aromatic carbocycles. The highest BCUT2D eigenvalue weighted by atomic mass is 32.2. The molecule has 0 spiro atoms. The molecular formula is C20H18F3NO5S2. The SMILES string of the molecule is Cc1c(N(Cc2cccc(OC(F)(F)F)c2)S(=O)(=O)CCC(=O)O)sc2ccccc12. The molecular weight excluding hydrogens is 455 g/mol. The van der Waals surface area contributed by atoms with Gasteiger partial charge in [0.25, 0.3) is 0 Å². The zero-order valence-electron chi connectivity index (χ0n) is 16.2. The number of alkyl halides is 3. The minimum absolute atomic E-state index is 0.262. The molecule has 0 aliphatic rings. The molecule has 1 aromatic heterocycles. The Labute approximate surface area is 180 Å². The number of sulfonamides is 1. The molecule has 0 atom stereocenters. The molecule has 0 bridgehead atoms. The molecule has 11 heteroatoms. The van der Waals surface area contributed by atoms with Crippen LogP contribution >= 0.6 is 11.3 Å². The Morgan fingerprint density at radius 3 is 2.52 bits per heavy atom. The molecule has 1 heterocycles. The smallest absolute Gasteiger partial charge is 0.481 e. The van der Waals surface area contributed by atoms with Crippen LogP contribution in [0, 0.1) is 6.92 Å². The van der Waals surface area contributed by atoms with E-state index in [4.69, 9.17) is 5.11 Å². The van der Waals surface area contributed by atoms with Crippen molar-refractivity contribution in [3.8, 4) is 5.75 Å². The van der Waals surface area contributed by atoms with E-state index in [0.29, 0.717) is 10.6 Å². The van der Waals surface area contributed by atoms with Gasteiger partial charge in [-0.2, -0.15) is 0 Å². The van der Waals surface area contributed by atoms with Gasteiger partial charge >= 0.3 is 12.3 Å². The number of hydrogen-bond acceptors (Lipinski definition) is 5. The predicted molar refractivity (Wildman–Crippen MR) is 112 cm³/mol. The van der Waals surface area contributed by atoms with Gasteiger partial charge in [0.2, 0.25) is 10.0 Å². The van der Waals surface area contributed by atoms with Crippen LogP contribution in [0.15, 0.2) is 48.5 Å². The quantitative estimate of drug-likeness (QED) is 0.502. The number of carboxylic acid groups (broad SMARTS) is 1. The number of aliphatic carboxylic acids is 1. The van der Waals surface area contributed by atoms with Crippen molar-refractivity contribution >= 4 is 42.4 Å². The summed E-state index contributed by atoms with van der Waals surface area (Å²) in [5.74, 6) is -2.38. The first-order valence-electron chi connectivity index (χ1n) is 9.01. The number of benzene rings is 2. The predicted octanol–water partition coefficient (Wildman–Crippen LogP) is 4.92. The number of fused-ring (bicyclic) bond motifs is 1. The highest BCUT2D eigenvalue weighted by Crippen LogP contribution is 2.39. The molecule has 0 fully saturated rings. The number of ether oxygens (including phenoxy) is 1. The van der Waals surface area contributed by atoms with E-state index in [-0.39, 0.29) is 12.1 Å². The number of hydrogen-bond donors (Lipinski definition) is 1. The van der Waals surface area contributed by atoms with Crippen LogP contribution in [0.3, 0.4) is 0 Å². The molecule has 6 nitrogen and oxygen atoms in total. The molecule has 0 saturated heterocycles. The van der Waals surface area contributed by atoms with E-state index in [1.807, 2.05) is 24.3 Å². The van der Waals surface area contributed by atoms with Crippen LogP contribution in [0.4, 0.5) is 18.2 Å². The Morgan fingerprint density at radius 2 is 1.87 bits per heavy atom. The van der Waals surface area contributed by atoms with Crippen LogP contribution in [-0.4, -0.2) is 31.6 Å². The lowest BCUT2D eigenvalue weighted by atomic mass is 10.2. The van der Waals surface area contributed by atoms with Crippen LogP contribution in [0.25, 0.3) is 10.1 Å². The molecule has 166 valence electrons. The summed E-state index contributed by atoms with van der Waals surface area (Å²) < 4.78 is 69.6. The van der Waals surface area contributed by atoms with Crippen molar-refractivity contribution < 1.29 is 36.2 Å². The van der Waals surface area contributed by atoms with Crippen LogP contribution in [0.5, 0.6) is 5.75 Å². The fraction of sp³-hybridized carbons (Fsp3) is 0.250. The van der Waals surface area contributed by atoms with Crippen molar-refractivity contribution in [1.82, 2.24) is 0 Å². The molecule has 3 rings (SSSR count). The van der Waals surface area contributed by atoms with E-state index < -0.39 is 40.3 Å². The molecule has 31 heavy (non-hydrogen) atoms. The van der Waals surface area contributed by atoms with E-state index in [9.17, 15) is 26.4 Å². The Bertz CT molecular complexity index is 1200. The number of halogens is 3. The number of nitrogens with zero attached hydrogens (tertiary/aromatic N) is 1. The largest absolute Gasteiger partial charge is 0.573 e. The number of carbonyl (C=O) groups is 1. The van der Waals surface area contributed by atoms with Crippen LogP contribution in [0.1, 0.15) is 17.5 Å². The van der Waals surface area contributed by atoms with Gasteiger partial charge in [0, 0.05) is 4.70 Å². The maximum Gasteiger partial charge on any atom is 0.573 e. The molecule has 0 saturated carbocycles. The van der Waals surface area contributed by atoms with Gasteiger partial charge < -0.3 is 9.84 Å². The normalized spacial score (nSPS) is 12.1. The van der Waals surface area contributed by atoms with E-state index in [2.05, 4.69) is 4.74 Å². The fourth-order valence-corrected chi connectivity index (χ4v) is 5.99. The summed E-state index contributed by atoms with van der Waals surface area (Å²) in [6.45, 7) is 1.47. The maximum absolute atomic E-state index is 13.0. The van der Waals surface area contributed by atoms with Gasteiger partial charge in [-0.05, 0) is 41.6 Å². The number of thiophene rings is 1. The van der Waals surface area contributed by atoms with Gasteiger partial charge in [0.05, 0.1) is 18.7 Å². The second-order valence-electron chi connectivity index (χ2n) is 6.69. The first-order valence-corrected chi connectivity index (χ1v) is 11.4. The molecule has 0 radical (unpaired) electrons. The Hall–Kier alpha value is -2.79. The highest BCUT2D eigenvalue weighted by molar-refractivity contribution is 7.93. The van der Waals surface area contributed by atoms with E-state index in [0.717, 1.165) is 26.5 Å². The zero-order chi connectivity index (χ0) is 22.8. The summed E-state index contributed by atoms with van der Waals surface area (Å²) in [7, 11) is -4.09. The van der Waals surface area contributed by atoms with Crippen LogP contribution in [0.2, 0.25) is 0 Å². The average molecular weight is 473 g/mol. The molecule has 0 aliphatic carbocycles. The van der Waals surface area contributed by atoms with Crippen molar-refractivity contribution in [2.24, 2.45) is 0 Å². The van der Waals surface area contributed by atoms with Crippen LogP contribution < -0.4 is 9.04 Å². The third-order valence-electron chi connectivity index (χ3n) is 4.41. The highest BCUT2D eigenvalue weighted by Gasteiger charge is 2.32. The van der Waals surface area contributed by atoms with Gasteiger partial charge in [-0.15, -0.1) is 24.5 Å². The molecule has 3 aromatic rings. The summed E-state index contributed by atoms with van der Waals surface area (Å²) in [5, 5.41) is 10.2. The van der Waals surface area contributed by atoms with Gasteiger partial charge in [-0.1, -0.05) is 30.3 Å². The summed E-state index contributed by atoms with van der Waals surface area (Å²) in [6, 6.07) is 12.3. The van der Waals surface area contributed by atoms with Gasteiger partial charge in [0.15, 0.2) is 0 Å². The van der Waals surface area contributed by atoms with Gasteiger partial charge in [-0.25, -0.2) is 8.42 Å². The summed E-state index contributed by atoms with van der Waals surface area (Å²) in [5.41, 5.74) is 0.944. The lowest BCUT2D eigenvalue weighted by Gasteiger charge is -2.24. The topological polar surface area (TPSA) is 83.9 Å². The Balaban J connectivity index is 2.03. The number of carboxylic acids is 1. The van der Waals surface area contributed by atoms with Crippen molar-refractivity contribution in [2.75, 3.05) is 10.1 Å². The third-order valence-corrected chi connectivity index (χ3v) is 7.53. The number of aryl methyl sites for hydroxylation is 1. The Kier molecular flexibility index (Phi) is 6.46. The van der Waals surface area contributed by atoms with Crippen molar-refractivity contribution in [2.45, 2.75) is 26.3 Å². The van der Waals surface area contributed by atoms with E-state index >= 15 is 0 Å². The third kappa shape index (κ3) is 5.67. The van der Waals surface area contributed by atoms with Gasteiger partial charge in [-0.3, -0.25) is 9.10 Å². The molecule has 0 unspecified atom stereocenters. The molecule has 1 N–H and O–H groups in total. The van der Waals surface area contributed by atoms with Crippen molar-refractivity contribution in [1.29, 1.82) is 0 Å². The minimum atomic E-state index is -4.88. The molecule has 0 aliphatic heterocycles. The van der Waals surface area contributed by atoms with Crippen molar-refractivity contribution in [3.05, 3.63) is 59.7 Å². The zero-order valence-corrected chi connectivity index (χ0v) is 17.9. The monoisotopic (exact) mass is 473 g/mol. The van der Waals surface area contributed by atoms with E-state index in [1.165, 1.54) is 23.5 Å². The minimum Gasteiger partial charge on any atom is -0.481 e. The van der Waals surface area contributed by atoms with Gasteiger partial charge in [0.1, 0.15) is 10.8 Å². The van der Waals surface area contributed by atoms with Crippen molar-refractivity contribution in [3.63, 3.8) is 0 Å². The number of anilines is 1. The first-order chi connectivity index (χ1) is 14.5. The van der Waals surface area contributed by atoms with Crippen LogP contribution in [-0.2, 0) is 21.4 Å². The van der Waals surface area contributed by atoms with E-state index in [1.54, 1.807) is 6.92 Å². The summed E-state index contributed by atoms with van der Waals surface area (Å²) >= 11 is 1.21. The Morgan fingerprint density at radius 1 is 1.16 bits per heavy atom. The second kappa shape index (κ2) is 8.75. The summed E-state index contributed by atoms with van der Waals surface area (Å²) in [4.78, 5) is 10.9. The number of rotatable bonds is 8. The lowest BCUT2D eigenvalue weighted by molar-refractivity contribution is -0.274.